The molecule has 0 saturated carbocycles. The van der Waals surface area contributed by atoms with Crippen LogP contribution in [0.4, 0.5) is 11.4 Å². The third-order valence-electron chi connectivity index (χ3n) is 3.78. The second kappa shape index (κ2) is 5.10. The maximum Gasteiger partial charge on any atom is 0.269 e. The third-order valence-corrected chi connectivity index (χ3v) is 5.64. The number of non-ortho nitro benzene ring substituents is 1. The summed E-state index contributed by atoms with van der Waals surface area (Å²) in [6, 6.07) is 11.2. The molecule has 0 saturated heterocycles. The first kappa shape index (κ1) is 14.5. The summed E-state index contributed by atoms with van der Waals surface area (Å²) in [5.41, 5.74) is 1.85. The van der Waals surface area contributed by atoms with Gasteiger partial charge in [0.1, 0.15) is 0 Å². The van der Waals surface area contributed by atoms with Gasteiger partial charge in [0.05, 0.1) is 22.1 Å². The number of anilines is 1. The van der Waals surface area contributed by atoms with Gasteiger partial charge in [-0.05, 0) is 29.7 Å². The third kappa shape index (κ3) is 2.14. The molecule has 0 amide bonds. The van der Waals surface area contributed by atoms with Crippen LogP contribution in [0.1, 0.15) is 18.1 Å². The predicted molar refractivity (Wildman–Crippen MR) is 82.3 cm³/mol. The molecule has 0 N–H and O–H groups in total. The Labute approximate surface area is 128 Å². The van der Waals surface area contributed by atoms with E-state index in [1.165, 1.54) is 22.5 Å². The lowest BCUT2D eigenvalue weighted by molar-refractivity contribution is -0.384. The Bertz CT molecular complexity index is 862. The molecule has 1 aliphatic rings. The Kier molecular flexibility index (Phi) is 3.37. The van der Waals surface area contributed by atoms with Gasteiger partial charge in [-0.25, -0.2) is 8.42 Å². The van der Waals surface area contributed by atoms with Gasteiger partial charge in [0.15, 0.2) is 0 Å². The summed E-state index contributed by atoms with van der Waals surface area (Å²) in [5.74, 6) is 0. The largest absolute Gasteiger partial charge is 0.269 e. The van der Waals surface area contributed by atoms with Gasteiger partial charge in [-0.3, -0.25) is 14.4 Å². The van der Waals surface area contributed by atoms with Crippen LogP contribution >= 0.6 is 0 Å². The Balaban J connectivity index is 2.12. The zero-order valence-corrected chi connectivity index (χ0v) is 12.7. The number of aryl methyl sites for hydroxylation is 1. The van der Waals surface area contributed by atoms with Crippen LogP contribution in [-0.4, -0.2) is 13.3 Å². The zero-order valence-electron chi connectivity index (χ0n) is 11.9. The minimum Gasteiger partial charge on any atom is -0.262 e. The minimum absolute atomic E-state index is 0.0327. The summed E-state index contributed by atoms with van der Waals surface area (Å²) in [6.07, 6.45) is 0.513. The average Bonchev–Trinajstić information content (AvgIpc) is 2.78. The number of nitrogens with zero attached hydrogens (tertiary/aromatic N) is 2. The summed E-state index contributed by atoms with van der Waals surface area (Å²) in [5, 5.41) is 10.9. The van der Waals surface area contributed by atoms with Crippen LogP contribution in [0.3, 0.4) is 0 Å². The van der Waals surface area contributed by atoms with Crippen molar-refractivity contribution in [3.63, 3.8) is 0 Å². The van der Waals surface area contributed by atoms with Crippen molar-refractivity contribution in [2.75, 3.05) is 4.31 Å². The molecule has 114 valence electrons. The summed E-state index contributed by atoms with van der Waals surface area (Å²) < 4.78 is 26.6. The summed E-state index contributed by atoms with van der Waals surface area (Å²) in [7, 11) is -3.60. The molecule has 0 aromatic heterocycles. The van der Waals surface area contributed by atoms with Crippen molar-refractivity contribution in [2.45, 2.75) is 24.8 Å². The van der Waals surface area contributed by atoms with Crippen LogP contribution in [0.5, 0.6) is 0 Å². The second-order valence-electron chi connectivity index (χ2n) is 5.04. The van der Waals surface area contributed by atoms with Crippen LogP contribution in [0.2, 0.25) is 0 Å². The lowest BCUT2D eigenvalue weighted by atomic mass is 10.1. The van der Waals surface area contributed by atoms with E-state index in [4.69, 9.17) is 0 Å². The Morgan fingerprint density at radius 3 is 2.59 bits per heavy atom. The van der Waals surface area contributed by atoms with E-state index >= 15 is 0 Å². The van der Waals surface area contributed by atoms with Crippen molar-refractivity contribution >= 4 is 21.4 Å². The van der Waals surface area contributed by atoms with Crippen LogP contribution in [-0.2, 0) is 23.0 Å². The fourth-order valence-electron chi connectivity index (χ4n) is 2.67. The number of benzene rings is 2. The molecule has 3 rings (SSSR count). The number of rotatable bonds is 3. The number of hydrogen-bond acceptors (Lipinski definition) is 4. The molecule has 0 atom stereocenters. The summed E-state index contributed by atoms with van der Waals surface area (Å²) in [6.45, 7) is 2.10. The molecule has 0 fully saturated rings. The standard InChI is InChI=1S/C15H14N2O4S/c1-2-11-9-13(17(18)19)7-8-14(11)16-10-12-5-3-4-6-15(12)22(16,20)21/h3-9H,2,10H2,1H3. The second-order valence-corrected chi connectivity index (χ2v) is 6.87. The van der Waals surface area contributed by atoms with E-state index in [0.29, 0.717) is 22.6 Å². The van der Waals surface area contributed by atoms with Gasteiger partial charge >= 0.3 is 0 Å². The van der Waals surface area contributed by atoms with Crippen molar-refractivity contribution in [1.29, 1.82) is 0 Å². The van der Waals surface area contributed by atoms with Crippen molar-refractivity contribution in [3.05, 3.63) is 63.7 Å². The molecule has 22 heavy (non-hydrogen) atoms. The normalized spacial score (nSPS) is 15.6. The van der Waals surface area contributed by atoms with Crippen LogP contribution < -0.4 is 4.31 Å². The number of hydrogen-bond donors (Lipinski definition) is 0. The highest BCUT2D eigenvalue weighted by Crippen LogP contribution is 2.37. The van der Waals surface area contributed by atoms with Gasteiger partial charge in [0.2, 0.25) is 0 Å². The van der Waals surface area contributed by atoms with Gasteiger partial charge in [-0.2, -0.15) is 0 Å². The first-order valence-electron chi connectivity index (χ1n) is 6.83. The SMILES string of the molecule is CCc1cc([N+](=O)[O-])ccc1N1Cc2ccccc2S1(=O)=O. The monoisotopic (exact) mass is 318 g/mol. The van der Waals surface area contributed by atoms with Crippen molar-refractivity contribution < 1.29 is 13.3 Å². The molecule has 1 heterocycles. The molecule has 0 unspecified atom stereocenters. The van der Waals surface area contributed by atoms with Gasteiger partial charge in [-0.15, -0.1) is 0 Å². The fraction of sp³-hybridized carbons (Fsp3) is 0.200. The lowest BCUT2D eigenvalue weighted by Gasteiger charge is -2.20. The van der Waals surface area contributed by atoms with Gasteiger partial charge in [-0.1, -0.05) is 25.1 Å². The molecule has 0 radical (unpaired) electrons. The number of fused-ring (bicyclic) bond motifs is 1. The average molecular weight is 318 g/mol. The first-order chi connectivity index (χ1) is 10.4. The van der Waals surface area contributed by atoms with Gasteiger partial charge in [0, 0.05) is 12.1 Å². The maximum atomic E-state index is 12.7. The fourth-order valence-corrected chi connectivity index (χ4v) is 4.37. The Hall–Kier alpha value is -2.41. The molecule has 2 aromatic rings. The molecule has 7 heteroatoms. The predicted octanol–water partition coefficient (Wildman–Crippen LogP) is 2.87. The minimum atomic E-state index is -3.60. The molecule has 1 aliphatic heterocycles. The van der Waals surface area contributed by atoms with E-state index in [0.717, 1.165) is 5.56 Å². The van der Waals surface area contributed by atoms with E-state index < -0.39 is 14.9 Å². The highest BCUT2D eigenvalue weighted by atomic mass is 32.2. The lowest BCUT2D eigenvalue weighted by Crippen LogP contribution is -2.24. The van der Waals surface area contributed by atoms with Gasteiger partial charge < -0.3 is 0 Å². The number of nitro benzene ring substituents is 1. The van der Waals surface area contributed by atoms with Gasteiger partial charge in [0.25, 0.3) is 15.7 Å². The quantitative estimate of drug-likeness (QED) is 0.644. The molecule has 0 aliphatic carbocycles. The van der Waals surface area contributed by atoms with E-state index in [-0.39, 0.29) is 12.2 Å². The van der Waals surface area contributed by atoms with Crippen molar-refractivity contribution in [2.24, 2.45) is 0 Å². The molecule has 0 bridgehead atoms. The topological polar surface area (TPSA) is 80.5 Å². The van der Waals surface area contributed by atoms with Crippen molar-refractivity contribution in [3.8, 4) is 0 Å². The zero-order chi connectivity index (χ0) is 15.9. The Morgan fingerprint density at radius 2 is 1.95 bits per heavy atom. The van der Waals surface area contributed by atoms with Crippen LogP contribution in [0.15, 0.2) is 47.4 Å². The highest BCUT2D eigenvalue weighted by Gasteiger charge is 2.35. The van der Waals surface area contributed by atoms with E-state index in [1.807, 2.05) is 6.92 Å². The molecule has 6 nitrogen and oxygen atoms in total. The van der Waals surface area contributed by atoms with Crippen LogP contribution in [0.25, 0.3) is 0 Å². The Morgan fingerprint density at radius 1 is 1.23 bits per heavy atom. The van der Waals surface area contributed by atoms with E-state index in [1.54, 1.807) is 24.3 Å². The maximum absolute atomic E-state index is 12.7. The summed E-state index contributed by atoms with van der Waals surface area (Å²) >= 11 is 0. The van der Waals surface area contributed by atoms with E-state index in [9.17, 15) is 18.5 Å². The molecular formula is C15H14N2O4S. The summed E-state index contributed by atoms with van der Waals surface area (Å²) in [4.78, 5) is 10.7. The molecular weight excluding hydrogens is 304 g/mol. The number of sulfonamides is 1. The number of nitro groups is 1. The van der Waals surface area contributed by atoms with Crippen LogP contribution in [0, 0.1) is 10.1 Å². The molecule has 0 spiro atoms. The van der Waals surface area contributed by atoms with Crippen molar-refractivity contribution in [1.82, 2.24) is 0 Å². The smallest absolute Gasteiger partial charge is 0.262 e. The van der Waals surface area contributed by atoms with E-state index in [2.05, 4.69) is 0 Å². The highest BCUT2D eigenvalue weighted by molar-refractivity contribution is 7.93. The molecule has 2 aromatic carbocycles. The first-order valence-corrected chi connectivity index (χ1v) is 8.27.